The lowest BCUT2D eigenvalue weighted by molar-refractivity contribution is 0.105. The normalized spacial score (nSPS) is 9.73. The second-order valence-corrected chi connectivity index (χ2v) is 5.58. The highest BCUT2D eigenvalue weighted by atomic mass is 16.5. The zero-order chi connectivity index (χ0) is 18.2. The third-order valence-electron chi connectivity index (χ3n) is 3.78. The van der Waals surface area contributed by atoms with Gasteiger partial charge in [-0.25, -0.2) is 0 Å². The van der Waals surface area contributed by atoms with Gasteiger partial charge in [-0.05, 0) is 47.9 Å². The monoisotopic (exact) mass is 342 g/mol. The molecular weight excluding hydrogens is 324 g/mol. The van der Waals surface area contributed by atoms with E-state index < -0.39 is 0 Å². The van der Waals surface area contributed by atoms with Crippen LogP contribution in [0, 0.1) is 11.8 Å². The van der Waals surface area contributed by atoms with E-state index in [1.807, 2.05) is 60.7 Å². The van der Waals surface area contributed by atoms with Gasteiger partial charge in [0.05, 0.1) is 12.7 Å². The molecule has 0 aromatic heterocycles. The molecule has 3 aromatic rings. The SMILES string of the molecule is COc1ccc(C#CC(=O)c2ccccc2OCc2ccccc2)cc1. The number of hydrogen-bond donors (Lipinski definition) is 0. The van der Waals surface area contributed by atoms with E-state index in [0.717, 1.165) is 16.9 Å². The molecule has 0 amide bonds. The maximum Gasteiger partial charge on any atom is 0.239 e. The fourth-order valence-corrected chi connectivity index (χ4v) is 2.39. The molecule has 0 radical (unpaired) electrons. The van der Waals surface area contributed by atoms with Gasteiger partial charge < -0.3 is 9.47 Å². The van der Waals surface area contributed by atoms with E-state index in [-0.39, 0.29) is 5.78 Å². The Morgan fingerprint density at radius 1 is 0.885 bits per heavy atom. The number of carbonyl (C=O) groups is 1. The summed E-state index contributed by atoms with van der Waals surface area (Å²) < 4.78 is 10.9. The Labute approximate surface area is 153 Å². The van der Waals surface area contributed by atoms with Crippen molar-refractivity contribution in [1.29, 1.82) is 0 Å². The quantitative estimate of drug-likeness (QED) is 0.505. The predicted molar refractivity (Wildman–Crippen MR) is 101 cm³/mol. The number of benzene rings is 3. The van der Waals surface area contributed by atoms with Crippen molar-refractivity contribution in [2.45, 2.75) is 6.61 Å². The van der Waals surface area contributed by atoms with Crippen LogP contribution in [0.1, 0.15) is 21.5 Å². The van der Waals surface area contributed by atoms with Gasteiger partial charge in [0.1, 0.15) is 18.1 Å². The van der Waals surface area contributed by atoms with Crippen molar-refractivity contribution in [3.63, 3.8) is 0 Å². The number of carbonyl (C=O) groups excluding carboxylic acids is 1. The van der Waals surface area contributed by atoms with Crippen LogP contribution in [0.3, 0.4) is 0 Å². The molecular formula is C23H18O3. The van der Waals surface area contributed by atoms with Crippen LogP contribution >= 0.6 is 0 Å². The van der Waals surface area contributed by atoms with Crippen molar-refractivity contribution < 1.29 is 14.3 Å². The molecule has 0 aliphatic heterocycles. The first kappa shape index (κ1) is 17.3. The first-order valence-electron chi connectivity index (χ1n) is 8.22. The summed E-state index contributed by atoms with van der Waals surface area (Å²) in [4.78, 5) is 12.5. The van der Waals surface area contributed by atoms with Crippen molar-refractivity contribution >= 4 is 5.78 Å². The number of ether oxygens (including phenoxy) is 2. The smallest absolute Gasteiger partial charge is 0.239 e. The van der Waals surface area contributed by atoms with Crippen LogP contribution in [-0.2, 0) is 6.61 Å². The number of ketones is 1. The van der Waals surface area contributed by atoms with Crippen molar-refractivity contribution in [2.75, 3.05) is 7.11 Å². The van der Waals surface area contributed by atoms with Crippen molar-refractivity contribution in [1.82, 2.24) is 0 Å². The molecule has 0 saturated heterocycles. The zero-order valence-electron chi connectivity index (χ0n) is 14.4. The van der Waals surface area contributed by atoms with Crippen LogP contribution in [0.25, 0.3) is 0 Å². The maximum absolute atomic E-state index is 12.5. The number of methoxy groups -OCH3 is 1. The Morgan fingerprint density at radius 3 is 2.31 bits per heavy atom. The summed E-state index contributed by atoms with van der Waals surface area (Å²) in [6.07, 6.45) is 0. The highest BCUT2D eigenvalue weighted by Crippen LogP contribution is 2.20. The molecule has 26 heavy (non-hydrogen) atoms. The van der Waals surface area contributed by atoms with Gasteiger partial charge >= 0.3 is 0 Å². The molecule has 0 N–H and O–H groups in total. The average molecular weight is 342 g/mol. The van der Waals surface area contributed by atoms with Gasteiger partial charge in [0.2, 0.25) is 5.78 Å². The molecule has 3 aromatic carbocycles. The van der Waals surface area contributed by atoms with E-state index in [4.69, 9.17) is 9.47 Å². The summed E-state index contributed by atoms with van der Waals surface area (Å²) in [6.45, 7) is 0.400. The molecule has 3 nitrogen and oxygen atoms in total. The van der Waals surface area contributed by atoms with Crippen LogP contribution in [0.5, 0.6) is 11.5 Å². The second kappa shape index (κ2) is 8.55. The lowest BCUT2D eigenvalue weighted by atomic mass is 10.1. The fraction of sp³-hybridized carbons (Fsp3) is 0.0870. The van der Waals surface area contributed by atoms with Crippen molar-refractivity contribution in [2.24, 2.45) is 0 Å². The van der Waals surface area contributed by atoms with Crippen LogP contribution in [0.15, 0.2) is 78.9 Å². The van der Waals surface area contributed by atoms with E-state index in [1.165, 1.54) is 0 Å². The number of rotatable bonds is 5. The third-order valence-corrected chi connectivity index (χ3v) is 3.78. The first-order chi connectivity index (χ1) is 12.8. The van der Waals surface area contributed by atoms with Crippen LogP contribution in [0.2, 0.25) is 0 Å². The molecule has 3 heteroatoms. The number of Topliss-reactive ketones (excluding diaryl/α,β-unsaturated/α-hetero) is 1. The van der Waals surface area contributed by atoms with Gasteiger partial charge in [-0.15, -0.1) is 0 Å². The Hall–Kier alpha value is -3.51. The van der Waals surface area contributed by atoms with Crippen LogP contribution < -0.4 is 9.47 Å². The summed E-state index contributed by atoms with van der Waals surface area (Å²) >= 11 is 0. The molecule has 0 unspecified atom stereocenters. The molecule has 128 valence electrons. The summed E-state index contributed by atoms with van der Waals surface area (Å²) in [5, 5.41) is 0. The van der Waals surface area contributed by atoms with E-state index >= 15 is 0 Å². The van der Waals surface area contributed by atoms with E-state index in [9.17, 15) is 4.79 Å². The standard InChI is InChI=1S/C23H18O3/c1-25-20-14-11-18(12-15-20)13-16-22(24)21-9-5-6-10-23(21)26-17-19-7-3-2-4-8-19/h2-12,14-15H,17H2,1H3. The lowest BCUT2D eigenvalue weighted by Gasteiger charge is -2.09. The molecule has 3 rings (SSSR count). The fourth-order valence-electron chi connectivity index (χ4n) is 2.39. The minimum atomic E-state index is -0.274. The van der Waals surface area contributed by atoms with Crippen molar-refractivity contribution in [3.05, 3.63) is 95.6 Å². The number of hydrogen-bond acceptors (Lipinski definition) is 3. The first-order valence-corrected chi connectivity index (χ1v) is 8.22. The van der Waals surface area contributed by atoms with Gasteiger partial charge in [-0.3, -0.25) is 4.79 Å². The summed E-state index contributed by atoms with van der Waals surface area (Å²) in [5.74, 6) is 6.58. The molecule has 0 aliphatic carbocycles. The molecule has 0 aliphatic rings. The predicted octanol–water partition coefficient (Wildman–Crippen LogP) is 4.51. The Balaban J connectivity index is 1.74. The minimum Gasteiger partial charge on any atom is -0.497 e. The van der Waals surface area contributed by atoms with Gasteiger partial charge in [0.25, 0.3) is 0 Å². The van der Waals surface area contributed by atoms with Gasteiger partial charge in [-0.1, -0.05) is 48.4 Å². The van der Waals surface area contributed by atoms with E-state index in [1.54, 1.807) is 25.3 Å². The van der Waals surface area contributed by atoms with Gasteiger partial charge in [-0.2, -0.15) is 0 Å². The van der Waals surface area contributed by atoms with E-state index in [2.05, 4.69) is 11.8 Å². The maximum atomic E-state index is 12.5. The van der Waals surface area contributed by atoms with Crippen LogP contribution in [0.4, 0.5) is 0 Å². The van der Waals surface area contributed by atoms with Gasteiger partial charge in [0.15, 0.2) is 0 Å². The molecule has 0 bridgehead atoms. The summed E-state index contributed by atoms with van der Waals surface area (Å²) in [7, 11) is 1.61. The Kier molecular flexibility index (Phi) is 5.69. The summed E-state index contributed by atoms with van der Waals surface area (Å²) in [6, 6.07) is 24.2. The van der Waals surface area contributed by atoms with Gasteiger partial charge in [0, 0.05) is 5.56 Å². The van der Waals surface area contributed by atoms with E-state index in [0.29, 0.717) is 17.9 Å². The number of para-hydroxylation sites is 1. The highest BCUT2D eigenvalue weighted by molar-refractivity contribution is 6.11. The third kappa shape index (κ3) is 4.52. The van der Waals surface area contributed by atoms with Crippen LogP contribution in [-0.4, -0.2) is 12.9 Å². The molecule has 0 fully saturated rings. The average Bonchev–Trinajstić information content (AvgIpc) is 2.72. The molecule has 0 saturated carbocycles. The highest BCUT2D eigenvalue weighted by Gasteiger charge is 2.10. The Morgan fingerprint density at radius 2 is 1.58 bits per heavy atom. The zero-order valence-corrected chi connectivity index (χ0v) is 14.4. The summed E-state index contributed by atoms with van der Waals surface area (Å²) in [5.41, 5.74) is 2.25. The largest absolute Gasteiger partial charge is 0.497 e. The molecule has 0 spiro atoms. The lowest BCUT2D eigenvalue weighted by Crippen LogP contribution is -2.02. The minimum absolute atomic E-state index is 0.274. The topological polar surface area (TPSA) is 35.5 Å². The molecule has 0 heterocycles. The molecule has 0 atom stereocenters. The Bertz CT molecular complexity index is 932. The van der Waals surface area contributed by atoms with Crippen molar-refractivity contribution in [3.8, 4) is 23.3 Å². The second-order valence-electron chi connectivity index (χ2n) is 5.58.